The van der Waals surface area contributed by atoms with Crippen molar-refractivity contribution in [3.63, 3.8) is 0 Å². The Morgan fingerprint density at radius 1 is 1.15 bits per heavy atom. The number of aromatic nitrogens is 3. The number of fused-ring (bicyclic) bond motifs is 1. The number of benzene rings is 1. The van der Waals surface area contributed by atoms with Gasteiger partial charge in [0.2, 0.25) is 0 Å². The molecule has 1 aromatic carbocycles. The van der Waals surface area contributed by atoms with Crippen LogP contribution in [0.15, 0.2) is 48.9 Å². The number of hydrogen-bond acceptors (Lipinski definition) is 5. The van der Waals surface area contributed by atoms with Gasteiger partial charge in [-0.3, -0.25) is 14.9 Å². The van der Waals surface area contributed by atoms with Crippen LogP contribution in [0.3, 0.4) is 0 Å². The van der Waals surface area contributed by atoms with Crippen LogP contribution in [0.1, 0.15) is 36.0 Å². The molecule has 1 saturated heterocycles. The summed E-state index contributed by atoms with van der Waals surface area (Å²) in [6, 6.07) is 10.3. The van der Waals surface area contributed by atoms with E-state index in [1.54, 1.807) is 6.20 Å². The number of nitrogens with one attached hydrogen (secondary N) is 2. The van der Waals surface area contributed by atoms with Crippen LogP contribution in [-0.4, -0.2) is 45.6 Å². The molecule has 2 aromatic heterocycles. The Morgan fingerprint density at radius 3 is 2.70 bits per heavy atom. The summed E-state index contributed by atoms with van der Waals surface area (Å²) >= 11 is 0. The zero-order valence-corrected chi connectivity index (χ0v) is 15.2. The van der Waals surface area contributed by atoms with Crippen LogP contribution in [0.2, 0.25) is 0 Å². The van der Waals surface area contributed by atoms with Gasteiger partial charge in [0, 0.05) is 29.4 Å². The minimum Gasteiger partial charge on any atom is -0.353 e. The molecule has 27 heavy (non-hydrogen) atoms. The number of rotatable bonds is 5. The van der Waals surface area contributed by atoms with Gasteiger partial charge >= 0.3 is 0 Å². The van der Waals surface area contributed by atoms with E-state index in [0.29, 0.717) is 11.6 Å². The largest absolute Gasteiger partial charge is 0.353 e. The van der Waals surface area contributed by atoms with E-state index in [4.69, 9.17) is 0 Å². The lowest BCUT2D eigenvalue weighted by Gasteiger charge is -2.41. The van der Waals surface area contributed by atoms with Gasteiger partial charge in [-0.05, 0) is 50.9 Å². The van der Waals surface area contributed by atoms with Gasteiger partial charge in [0.15, 0.2) is 5.78 Å². The zero-order chi connectivity index (χ0) is 18.3. The summed E-state index contributed by atoms with van der Waals surface area (Å²) in [5.74, 6) is 0.181. The number of para-hydroxylation sites is 1. The predicted octanol–water partition coefficient (Wildman–Crippen LogP) is 2.93. The van der Waals surface area contributed by atoms with Gasteiger partial charge in [-0.1, -0.05) is 18.2 Å². The molecular formula is C21H23N5O. The molecule has 6 nitrogen and oxygen atoms in total. The summed E-state index contributed by atoms with van der Waals surface area (Å²) in [5.41, 5.74) is 2.18. The highest BCUT2D eigenvalue weighted by Crippen LogP contribution is 2.48. The van der Waals surface area contributed by atoms with E-state index in [9.17, 15) is 4.79 Å². The summed E-state index contributed by atoms with van der Waals surface area (Å²) in [6.07, 6.45) is 9.33. The molecule has 1 aliphatic carbocycles. The Labute approximate surface area is 158 Å². The van der Waals surface area contributed by atoms with Crippen molar-refractivity contribution in [2.24, 2.45) is 0 Å². The number of nitrogens with zero attached hydrogens (tertiary/aromatic N) is 3. The topological polar surface area (TPSA) is 73.9 Å². The minimum atomic E-state index is -0.462. The molecule has 0 radical (unpaired) electrons. The maximum absolute atomic E-state index is 13.6. The lowest BCUT2D eigenvalue weighted by Crippen LogP contribution is -2.53. The number of carbonyl (C=O) groups excluding carboxylic acids is 1. The smallest absolute Gasteiger partial charge is 0.189 e. The second-order valence-electron chi connectivity index (χ2n) is 7.59. The van der Waals surface area contributed by atoms with Crippen LogP contribution in [0, 0.1) is 0 Å². The highest BCUT2D eigenvalue weighted by Gasteiger charge is 2.56. The van der Waals surface area contributed by atoms with Crippen molar-refractivity contribution in [2.75, 3.05) is 18.0 Å². The van der Waals surface area contributed by atoms with Gasteiger partial charge < -0.3 is 10.2 Å². The quantitative estimate of drug-likeness (QED) is 0.684. The van der Waals surface area contributed by atoms with E-state index in [1.165, 1.54) is 0 Å². The van der Waals surface area contributed by atoms with Gasteiger partial charge in [-0.15, -0.1) is 0 Å². The molecule has 1 aliphatic heterocycles. The molecule has 5 rings (SSSR count). The predicted molar refractivity (Wildman–Crippen MR) is 105 cm³/mol. The highest BCUT2D eigenvalue weighted by atomic mass is 16.1. The maximum atomic E-state index is 13.6. The van der Waals surface area contributed by atoms with E-state index in [1.807, 2.05) is 42.7 Å². The lowest BCUT2D eigenvalue weighted by atomic mass is 9.95. The number of H-pyrrole nitrogens is 1. The number of Topliss-reactive ketones (excluding diaryl/α,β-unsaturated/α-hetero) is 1. The molecular weight excluding hydrogens is 338 g/mol. The van der Waals surface area contributed by atoms with Crippen LogP contribution in [-0.2, 0) is 0 Å². The minimum absolute atomic E-state index is 0.181. The van der Waals surface area contributed by atoms with Crippen molar-refractivity contribution in [3.05, 3.63) is 54.5 Å². The lowest BCUT2D eigenvalue weighted by molar-refractivity contribution is 0.0937. The van der Waals surface area contributed by atoms with Crippen LogP contribution in [0.5, 0.6) is 0 Å². The Hall–Kier alpha value is -2.73. The summed E-state index contributed by atoms with van der Waals surface area (Å²) in [7, 11) is 0. The molecule has 6 heteroatoms. The maximum Gasteiger partial charge on any atom is 0.189 e. The first-order valence-corrected chi connectivity index (χ1v) is 9.66. The first kappa shape index (κ1) is 16.4. The van der Waals surface area contributed by atoms with Gasteiger partial charge in [-0.25, -0.2) is 0 Å². The zero-order valence-electron chi connectivity index (χ0n) is 15.2. The number of carbonyl (C=O) groups is 1. The van der Waals surface area contributed by atoms with Crippen LogP contribution >= 0.6 is 0 Å². The molecule has 0 atom stereocenters. The van der Waals surface area contributed by atoms with Crippen LogP contribution in [0.25, 0.3) is 10.9 Å². The number of anilines is 1. The van der Waals surface area contributed by atoms with Crippen molar-refractivity contribution < 1.29 is 4.79 Å². The van der Waals surface area contributed by atoms with E-state index in [2.05, 4.69) is 25.4 Å². The van der Waals surface area contributed by atoms with Crippen molar-refractivity contribution in [3.8, 4) is 0 Å². The molecule has 1 saturated carbocycles. The van der Waals surface area contributed by atoms with E-state index < -0.39 is 5.54 Å². The first-order valence-electron chi connectivity index (χ1n) is 9.66. The molecule has 0 unspecified atom stereocenters. The SMILES string of the molecule is O=C(c1cnc2ccccc2c1)C1(N(c2cn[nH]c2)C2CCNCC2)CC1. The highest BCUT2D eigenvalue weighted by molar-refractivity contribution is 6.08. The fraction of sp³-hybridized carbons (Fsp3) is 0.381. The molecule has 0 amide bonds. The number of piperidine rings is 1. The molecule has 0 bridgehead atoms. The standard InChI is InChI=1S/C21H23N5O/c27-20(16-11-15-3-1-2-4-19(15)23-12-16)21(7-8-21)26(18-13-24-25-14-18)17-5-9-22-10-6-17/h1-4,11-14,17,22H,5-10H2,(H,24,25). The average molecular weight is 361 g/mol. The second-order valence-corrected chi connectivity index (χ2v) is 7.59. The summed E-state index contributed by atoms with van der Waals surface area (Å²) in [6.45, 7) is 1.97. The number of aromatic amines is 1. The molecule has 3 aromatic rings. The fourth-order valence-electron chi connectivity index (χ4n) is 4.41. The van der Waals surface area contributed by atoms with E-state index >= 15 is 0 Å². The normalized spacial score (nSPS) is 19.1. The number of ketones is 1. The van der Waals surface area contributed by atoms with Crippen LogP contribution < -0.4 is 10.2 Å². The summed E-state index contributed by atoms with van der Waals surface area (Å²) in [4.78, 5) is 20.5. The van der Waals surface area contributed by atoms with Gasteiger partial charge in [0.05, 0.1) is 17.4 Å². The molecule has 2 fully saturated rings. The van der Waals surface area contributed by atoms with Gasteiger partial charge in [0.1, 0.15) is 5.54 Å². The second kappa shape index (κ2) is 6.46. The Bertz CT molecular complexity index is 958. The Morgan fingerprint density at radius 2 is 1.96 bits per heavy atom. The molecule has 138 valence electrons. The third kappa shape index (κ3) is 2.80. The summed E-state index contributed by atoms with van der Waals surface area (Å²) < 4.78 is 0. The van der Waals surface area contributed by atoms with Crippen molar-refractivity contribution in [1.82, 2.24) is 20.5 Å². The van der Waals surface area contributed by atoms with Gasteiger partial charge in [-0.2, -0.15) is 5.10 Å². The Balaban J connectivity index is 1.53. The first-order chi connectivity index (χ1) is 13.3. The van der Waals surface area contributed by atoms with Crippen molar-refractivity contribution in [2.45, 2.75) is 37.3 Å². The monoisotopic (exact) mass is 361 g/mol. The van der Waals surface area contributed by atoms with E-state index in [0.717, 1.165) is 55.4 Å². The Kier molecular flexibility index (Phi) is 3.93. The summed E-state index contributed by atoms with van der Waals surface area (Å²) in [5, 5.41) is 11.5. The molecule has 3 heterocycles. The molecule has 2 aliphatic rings. The van der Waals surface area contributed by atoms with Crippen LogP contribution in [0.4, 0.5) is 5.69 Å². The number of pyridine rings is 1. The third-order valence-corrected chi connectivity index (χ3v) is 5.90. The third-order valence-electron chi connectivity index (χ3n) is 5.90. The van der Waals surface area contributed by atoms with Crippen molar-refractivity contribution >= 4 is 22.4 Å². The number of hydrogen-bond donors (Lipinski definition) is 2. The van der Waals surface area contributed by atoms with Gasteiger partial charge in [0.25, 0.3) is 0 Å². The van der Waals surface area contributed by atoms with E-state index in [-0.39, 0.29) is 5.78 Å². The molecule has 2 N–H and O–H groups in total. The molecule has 0 spiro atoms. The fourth-order valence-corrected chi connectivity index (χ4v) is 4.41. The van der Waals surface area contributed by atoms with Crippen molar-refractivity contribution in [1.29, 1.82) is 0 Å². The average Bonchev–Trinajstić information content (AvgIpc) is 3.34.